The highest BCUT2D eigenvalue weighted by molar-refractivity contribution is 5.90. The molecule has 0 aromatic heterocycles. The van der Waals surface area contributed by atoms with Crippen LogP contribution in [0.1, 0.15) is 44.9 Å². The molecule has 3 fully saturated rings. The molecule has 0 bridgehead atoms. The van der Waals surface area contributed by atoms with Crippen LogP contribution >= 0.6 is 0 Å². The standard InChI is InChI=1S/C16H26N2O3/c1-21-16(20)14-10-13(14)15(19)18-8-6-12(7-9-18)17-11-4-2-3-5-11/h11-14,17H,2-10H2,1H3/t13-,14-/m0/s1. The number of piperidine rings is 1. The van der Waals surface area contributed by atoms with Crippen molar-refractivity contribution in [1.82, 2.24) is 10.2 Å². The summed E-state index contributed by atoms with van der Waals surface area (Å²) in [6, 6.07) is 1.26. The Hall–Kier alpha value is -1.10. The lowest BCUT2D eigenvalue weighted by Gasteiger charge is -2.34. The highest BCUT2D eigenvalue weighted by Gasteiger charge is 2.50. The van der Waals surface area contributed by atoms with Crippen LogP contribution in [0.2, 0.25) is 0 Å². The Morgan fingerprint density at radius 2 is 1.62 bits per heavy atom. The van der Waals surface area contributed by atoms with E-state index in [2.05, 4.69) is 5.32 Å². The number of methoxy groups -OCH3 is 1. The minimum atomic E-state index is -0.230. The van der Waals surface area contributed by atoms with Gasteiger partial charge in [0.15, 0.2) is 0 Å². The first-order valence-corrected chi connectivity index (χ1v) is 8.31. The van der Waals surface area contributed by atoms with Crippen molar-refractivity contribution in [2.75, 3.05) is 20.2 Å². The van der Waals surface area contributed by atoms with Gasteiger partial charge in [-0.1, -0.05) is 12.8 Å². The molecule has 1 heterocycles. The Bertz CT molecular complexity index is 398. The summed E-state index contributed by atoms with van der Waals surface area (Å²) in [5.74, 6) is -0.371. The smallest absolute Gasteiger partial charge is 0.309 e. The van der Waals surface area contributed by atoms with Gasteiger partial charge >= 0.3 is 5.97 Å². The number of carbonyl (C=O) groups excluding carboxylic acids is 2. The molecule has 2 saturated carbocycles. The summed E-state index contributed by atoms with van der Waals surface area (Å²) >= 11 is 0. The van der Waals surface area contributed by atoms with E-state index in [1.807, 2.05) is 4.90 Å². The molecule has 3 aliphatic rings. The fraction of sp³-hybridized carbons (Fsp3) is 0.875. The molecular formula is C16H26N2O3. The lowest BCUT2D eigenvalue weighted by Crippen LogP contribution is -2.47. The average molecular weight is 294 g/mol. The molecule has 2 atom stereocenters. The molecule has 1 amide bonds. The van der Waals surface area contributed by atoms with Crippen molar-refractivity contribution in [2.24, 2.45) is 11.8 Å². The second-order valence-electron chi connectivity index (χ2n) is 6.72. The van der Waals surface area contributed by atoms with Crippen LogP contribution in [0.3, 0.4) is 0 Å². The van der Waals surface area contributed by atoms with E-state index in [1.54, 1.807) is 0 Å². The maximum absolute atomic E-state index is 12.3. The molecule has 5 heteroatoms. The summed E-state index contributed by atoms with van der Waals surface area (Å²) in [7, 11) is 1.39. The zero-order valence-corrected chi connectivity index (χ0v) is 12.8. The fourth-order valence-corrected chi connectivity index (χ4v) is 3.81. The molecule has 21 heavy (non-hydrogen) atoms. The Kier molecular flexibility index (Phi) is 4.48. The molecule has 118 valence electrons. The first-order valence-electron chi connectivity index (χ1n) is 8.31. The first-order chi connectivity index (χ1) is 10.2. The van der Waals surface area contributed by atoms with Crippen LogP contribution in [0.15, 0.2) is 0 Å². The molecule has 1 saturated heterocycles. The quantitative estimate of drug-likeness (QED) is 0.795. The largest absolute Gasteiger partial charge is 0.469 e. The summed E-state index contributed by atoms with van der Waals surface area (Å²) < 4.78 is 4.71. The highest BCUT2D eigenvalue weighted by atomic mass is 16.5. The van der Waals surface area contributed by atoms with Crippen LogP contribution < -0.4 is 5.32 Å². The Morgan fingerprint density at radius 1 is 1.00 bits per heavy atom. The zero-order valence-electron chi connectivity index (χ0n) is 12.8. The first kappa shape index (κ1) is 14.8. The van der Waals surface area contributed by atoms with E-state index in [1.165, 1.54) is 32.8 Å². The van der Waals surface area contributed by atoms with Gasteiger partial charge in [-0.15, -0.1) is 0 Å². The fourth-order valence-electron chi connectivity index (χ4n) is 3.81. The van der Waals surface area contributed by atoms with Crippen molar-refractivity contribution in [3.05, 3.63) is 0 Å². The van der Waals surface area contributed by atoms with E-state index in [9.17, 15) is 9.59 Å². The summed E-state index contributed by atoms with van der Waals surface area (Å²) in [5.41, 5.74) is 0. The zero-order chi connectivity index (χ0) is 14.8. The number of nitrogens with one attached hydrogen (secondary N) is 1. The SMILES string of the molecule is COC(=O)[C@H]1C[C@@H]1C(=O)N1CCC(NC2CCCC2)CC1. The number of hydrogen-bond donors (Lipinski definition) is 1. The van der Waals surface area contributed by atoms with Crippen molar-refractivity contribution < 1.29 is 14.3 Å². The van der Waals surface area contributed by atoms with Gasteiger partial charge in [0.05, 0.1) is 18.9 Å². The lowest BCUT2D eigenvalue weighted by atomic mass is 10.0. The van der Waals surface area contributed by atoms with E-state index >= 15 is 0 Å². The van der Waals surface area contributed by atoms with Gasteiger partial charge in [0.25, 0.3) is 0 Å². The lowest BCUT2D eigenvalue weighted by molar-refractivity contribution is -0.145. The second kappa shape index (κ2) is 6.34. The number of rotatable bonds is 4. The van der Waals surface area contributed by atoms with E-state index < -0.39 is 0 Å². The molecule has 0 aromatic carbocycles. The van der Waals surface area contributed by atoms with Gasteiger partial charge in [-0.2, -0.15) is 0 Å². The maximum Gasteiger partial charge on any atom is 0.309 e. The van der Waals surface area contributed by atoms with Gasteiger partial charge in [0.1, 0.15) is 0 Å². The van der Waals surface area contributed by atoms with E-state index in [0.29, 0.717) is 18.5 Å². The van der Waals surface area contributed by atoms with Gasteiger partial charge in [-0.05, 0) is 32.1 Å². The third kappa shape index (κ3) is 3.39. The van der Waals surface area contributed by atoms with E-state index in [4.69, 9.17) is 4.74 Å². The Balaban J connectivity index is 1.41. The number of carbonyl (C=O) groups is 2. The molecule has 5 nitrogen and oxygen atoms in total. The molecule has 3 rings (SSSR count). The number of hydrogen-bond acceptors (Lipinski definition) is 4. The summed E-state index contributed by atoms with van der Waals surface area (Å²) in [5, 5.41) is 3.75. The van der Waals surface area contributed by atoms with Crippen LogP contribution in [-0.4, -0.2) is 49.1 Å². The van der Waals surface area contributed by atoms with Gasteiger partial charge in [-0.3, -0.25) is 9.59 Å². The molecule has 1 aliphatic heterocycles. The second-order valence-corrected chi connectivity index (χ2v) is 6.72. The topological polar surface area (TPSA) is 58.6 Å². The van der Waals surface area contributed by atoms with Crippen LogP contribution in [0.4, 0.5) is 0 Å². The molecule has 0 unspecified atom stereocenters. The average Bonchev–Trinajstić information content (AvgIpc) is 3.16. The predicted molar refractivity (Wildman–Crippen MR) is 78.6 cm³/mol. The summed E-state index contributed by atoms with van der Waals surface area (Å²) in [6.45, 7) is 1.65. The normalized spacial score (nSPS) is 30.4. The minimum Gasteiger partial charge on any atom is -0.469 e. The van der Waals surface area contributed by atoms with Crippen molar-refractivity contribution in [1.29, 1.82) is 0 Å². The molecule has 0 aromatic rings. The minimum absolute atomic E-state index is 0.114. The van der Waals surface area contributed by atoms with Crippen LogP contribution in [-0.2, 0) is 14.3 Å². The van der Waals surface area contributed by atoms with Gasteiger partial charge in [0.2, 0.25) is 5.91 Å². The van der Waals surface area contributed by atoms with Crippen molar-refractivity contribution in [3.8, 4) is 0 Å². The third-order valence-electron chi connectivity index (χ3n) is 5.24. The summed E-state index contributed by atoms with van der Waals surface area (Å²) in [4.78, 5) is 25.7. The van der Waals surface area contributed by atoms with Crippen LogP contribution in [0.25, 0.3) is 0 Å². The number of esters is 1. The summed E-state index contributed by atoms with van der Waals surface area (Å²) in [6.07, 6.45) is 8.07. The van der Waals surface area contributed by atoms with Gasteiger partial charge in [0, 0.05) is 25.2 Å². The van der Waals surface area contributed by atoms with Crippen LogP contribution in [0.5, 0.6) is 0 Å². The van der Waals surface area contributed by atoms with Crippen molar-refractivity contribution in [3.63, 3.8) is 0 Å². The Labute approximate surface area is 126 Å². The third-order valence-corrected chi connectivity index (χ3v) is 5.24. The molecule has 2 aliphatic carbocycles. The monoisotopic (exact) mass is 294 g/mol. The van der Waals surface area contributed by atoms with Crippen molar-refractivity contribution >= 4 is 11.9 Å². The number of ether oxygens (including phenoxy) is 1. The number of nitrogens with zero attached hydrogens (tertiary/aromatic N) is 1. The molecule has 1 N–H and O–H groups in total. The number of likely N-dealkylation sites (tertiary alicyclic amines) is 1. The molecular weight excluding hydrogens is 268 g/mol. The van der Waals surface area contributed by atoms with Crippen LogP contribution in [0, 0.1) is 11.8 Å². The molecule has 0 spiro atoms. The van der Waals surface area contributed by atoms with Gasteiger partial charge in [-0.25, -0.2) is 0 Å². The molecule has 0 radical (unpaired) electrons. The maximum atomic E-state index is 12.3. The van der Waals surface area contributed by atoms with E-state index in [0.717, 1.165) is 25.9 Å². The number of amides is 1. The predicted octanol–water partition coefficient (Wildman–Crippen LogP) is 1.32. The Morgan fingerprint density at radius 3 is 2.24 bits per heavy atom. The highest BCUT2D eigenvalue weighted by Crippen LogP contribution is 2.41. The van der Waals surface area contributed by atoms with E-state index in [-0.39, 0.29) is 23.7 Å². The van der Waals surface area contributed by atoms with Gasteiger partial charge < -0.3 is 15.0 Å². The van der Waals surface area contributed by atoms with Crippen molar-refractivity contribution in [2.45, 2.75) is 57.0 Å².